The molecule has 0 bridgehead atoms. The average molecular weight is 287 g/mol. The van der Waals surface area contributed by atoms with Gasteiger partial charge in [0.1, 0.15) is 0 Å². The average Bonchev–Trinajstić information content (AvgIpc) is 2.34. The Morgan fingerprint density at radius 1 is 1.44 bits per heavy atom. The minimum Gasteiger partial charge on any atom is -0.548 e. The standard InChI is InChI=1S/C12H14ClNO3S/c1-18-7-6-10(12(16)17)14-11(15)8-4-2-3-5-9(8)13/h2-5,10H,6-7H2,1H3,(H,14,15)(H,16,17)/p-1/t10-/m1/s1. The van der Waals surface area contributed by atoms with Crippen molar-refractivity contribution in [3.63, 3.8) is 0 Å². The molecule has 1 aromatic rings. The number of carbonyl (C=O) groups is 2. The molecule has 0 aromatic heterocycles. The number of hydrogen-bond acceptors (Lipinski definition) is 4. The molecule has 0 aliphatic carbocycles. The molecule has 4 nitrogen and oxygen atoms in total. The quantitative estimate of drug-likeness (QED) is 0.845. The molecule has 18 heavy (non-hydrogen) atoms. The zero-order valence-corrected chi connectivity index (χ0v) is 11.4. The first kappa shape index (κ1) is 14.9. The molecule has 0 aliphatic heterocycles. The van der Waals surface area contributed by atoms with Gasteiger partial charge in [0, 0.05) is 0 Å². The largest absolute Gasteiger partial charge is 0.548 e. The molecule has 0 unspecified atom stereocenters. The summed E-state index contributed by atoms with van der Waals surface area (Å²) in [7, 11) is 0. The van der Waals surface area contributed by atoms with Gasteiger partial charge in [0.25, 0.3) is 5.91 Å². The molecule has 98 valence electrons. The van der Waals surface area contributed by atoms with Gasteiger partial charge >= 0.3 is 0 Å². The van der Waals surface area contributed by atoms with Gasteiger partial charge in [-0.05, 0) is 30.6 Å². The fourth-order valence-electron chi connectivity index (χ4n) is 1.37. The third kappa shape index (κ3) is 4.23. The van der Waals surface area contributed by atoms with Crippen LogP contribution in [0.2, 0.25) is 5.02 Å². The topological polar surface area (TPSA) is 69.2 Å². The van der Waals surface area contributed by atoms with E-state index >= 15 is 0 Å². The van der Waals surface area contributed by atoms with Gasteiger partial charge in [0.05, 0.1) is 22.6 Å². The van der Waals surface area contributed by atoms with Gasteiger partial charge < -0.3 is 15.2 Å². The number of halogens is 1. The predicted octanol–water partition coefficient (Wildman–Crippen LogP) is 0.941. The van der Waals surface area contributed by atoms with Gasteiger partial charge in [-0.2, -0.15) is 11.8 Å². The lowest BCUT2D eigenvalue weighted by molar-refractivity contribution is -0.308. The highest BCUT2D eigenvalue weighted by molar-refractivity contribution is 7.98. The van der Waals surface area contributed by atoms with Gasteiger partial charge in [-0.15, -0.1) is 0 Å². The number of aliphatic carboxylic acids is 1. The number of amides is 1. The van der Waals surface area contributed by atoms with Crippen molar-refractivity contribution >= 4 is 35.2 Å². The minimum atomic E-state index is -1.29. The van der Waals surface area contributed by atoms with Crippen LogP contribution in [-0.4, -0.2) is 29.9 Å². The van der Waals surface area contributed by atoms with E-state index in [2.05, 4.69) is 5.32 Å². The van der Waals surface area contributed by atoms with Gasteiger partial charge in [0.2, 0.25) is 0 Å². The number of benzene rings is 1. The Bertz CT molecular complexity index is 439. The molecule has 1 atom stereocenters. The number of nitrogens with one attached hydrogen (secondary N) is 1. The van der Waals surface area contributed by atoms with Crippen LogP contribution in [0, 0.1) is 0 Å². The Balaban J connectivity index is 2.72. The molecule has 1 amide bonds. The highest BCUT2D eigenvalue weighted by atomic mass is 35.5. The van der Waals surface area contributed by atoms with E-state index in [0.717, 1.165) is 0 Å². The second-order valence-corrected chi connectivity index (χ2v) is 5.00. The SMILES string of the molecule is CSCC[C@@H](NC(=O)c1ccccc1Cl)C(=O)[O-]. The first-order valence-corrected chi connectivity index (χ1v) is 7.08. The van der Waals surface area contributed by atoms with Gasteiger partial charge in [-0.3, -0.25) is 4.79 Å². The van der Waals surface area contributed by atoms with Crippen LogP contribution in [-0.2, 0) is 4.79 Å². The van der Waals surface area contributed by atoms with Crippen LogP contribution in [0.5, 0.6) is 0 Å². The summed E-state index contributed by atoms with van der Waals surface area (Å²) in [6.45, 7) is 0. The molecule has 1 rings (SSSR count). The van der Waals surface area contributed by atoms with Gasteiger partial charge in [-0.25, -0.2) is 0 Å². The van der Waals surface area contributed by atoms with Crippen molar-refractivity contribution in [1.29, 1.82) is 0 Å². The second kappa shape index (κ2) is 7.28. The third-order valence-electron chi connectivity index (χ3n) is 2.32. The van der Waals surface area contributed by atoms with Crippen molar-refractivity contribution in [2.45, 2.75) is 12.5 Å². The highest BCUT2D eigenvalue weighted by Gasteiger charge is 2.16. The lowest BCUT2D eigenvalue weighted by Gasteiger charge is -2.19. The lowest BCUT2D eigenvalue weighted by Crippen LogP contribution is -2.48. The summed E-state index contributed by atoms with van der Waals surface area (Å²) in [6, 6.07) is 5.48. The Morgan fingerprint density at radius 3 is 2.67 bits per heavy atom. The summed E-state index contributed by atoms with van der Waals surface area (Å²) in [5, 5.41) is 13.6. The number of carboxylic acid groups (broad SMARTS) is 1. The van der Waals surface area contributed by atoms with E-state index in [-0.39, 0.29) is 10.6 Å². The Morgan fingerprint density at radius 2 is 2.11 bits per heavy atom. The zero-order valence-electron chi connectivity index (χ0n) is 9.81. The minimum absolute atomic E-state index is 0.259. The van der Waals surface area contributed by atoms with E-state index in [4.69, 9.17) is 11.6 Å². The fraction of sp³-hybridized carbons (Fsp3) is 0.333. The molecule has 0 radical (unpaired) electrons. The van der Waals surface area contributed by atoms with Crippen LogP contribution in [0.1, 0.15) is 16.8 Å². The molecule has 1 aromatic carbocycles. The lowest BCUT2D eigenvalue weighted by atomic mass is 10.1. The molecule has 6 heteroatoms. The first-order valence-electron chi connectivity index (χ1n) is 5.31. The molecular formula is C12H13ClNO3S-. The van der Waals surface area contributed by atoms with Crippen LogP contribution in [0.15, 0.2) is 24.3 Å². The normalized spacial score (nSPS) is 11.9. The number of hydrogen-bond donors (Lipinski definition) is 1. The Kier molecular flexibility index (Phi) is 6.01. The fourth-order valence-corrected chi connectivity index (χ4v) is 2.06. The first-order chi connectivity index (χ1) is 8.56. The van der Waals surface area contributed by atoms with Crippen molar-refractivity contribution in [1.82, 2.24) is 5.32 Å². The summed E-state index contributed by atoms with van der Waals surface area (Å²) in [6.07, 6.45) is 2.18. The summed E-state index contributed by atoms with van der Waals surface area (Å²) in [5.74, 6) is -1.16. The molecule has 1 N–H and O–H groups in total. The second-order valence-electron chi connectivity index (χ2n) is 3.61. The van der Waals surface area contributed by atoms with E-state index in [1.807, 2.05) is 6.26 Å². The maximum atomic E-state index is 11.9. The summed E-state index contributed by atoms with van der Waals surface area (Å²) >= 11 is 7.36. The van der Waals surface area contributed by atoms with Crippen molar-refractivity contribution in [2.24, 2.45) is 0 Å². The van der Waals surface area contributed by atoms with Crippen molar-refractivity contribution < 1.29 is 14.7 Å². The molecule has 0 saturated carbocycles. The van der Waals surface area contributed by atoms with Crippen LogP contribution >= 0.6 is 23.4 Å². The molecule has 0 spiro atoms. The molecule has 0 saturated heterocycles. The van der Waals surface area contributed by atoms with Crippen molar-refractivity contribution in [3.8, 4) is 0 Å². The predicted molar refractivity (Wildman–Crippen MR) is 70.7 cm³/mol. The molecule has 0 heterocycles. The van der Waals surface area contributed by atoms with Crippen molar-refractivity contribution in [3.05, 3.63) is 34.9 Å². The van der Waals surface area contributed by atoms with E-state index in [1.54, 1.807) is 24.3 Å². The van der Waals surface area contributed by atoms with E-state index < -0.39 is 17.9 Å². The van der Waals surface area contributed by atoms with Crippen molar-refractivity contribution in [2.75, 3.05) is 12.0 Å². The zero-order chi connectivity index (χ0) is 13.5. The van der Waals surface area contributed by atoms with Gasteiger partial charge in [0.15, 0.2) is 0 Å². The third-order valence-corrected chi connectivity index (χ3v) is 3.29. The monoisotopic (exact) mass is 286 g/mol. The molecule has 0 aliphatic rings. The maximum Gasteiger partial charge on any atom is 0.253 e. The van der Waals surface area contributed by atoms with Crippen LogP contribution in [0.3, 0.4) is 0 Å². The maximum absolute atomic E-state index is 11.9. The van der Waals surface area contributed by atoms with E-state index in [1.165, 1.54) is 11.8 Å². The summed E-state index contributed by atoms with van der Waals surface area (Å²) in [4.78, 5) is 22.7. The Labute approximate surface area is 115 Å². The highest BCUT2D eigenvalue weighted by Crippen LogP contribution is 2.15. The van der Waals surface area contributed by atoms with Crippen LogP contribution in [0.25, 0.3) is 0 Å². The van der Waals surface area contributed by atoms with Crippen LogP contribution < -0.4 is 10.4 Å². The van der Waals surface area contributed by atoms with Crippen LogP contribution in [0.4, 0.5) is 0 Å². The summed E-state index contributed by atoms with van der Waals surface area (Å²) in [5.41, 5.74) is 0.259. The number of thioether (sulfide) groups is 1. The number of rotatable bonds is 6. The van der Waals surface area contributed by atoms with E-state index in [9.17, 15) is 14.7 Å². The smallest absolute Gasteiger partial charge is 0.253 e. The molecule has 0 fully saturated rings. The van der Waals surface area contributed by atoms with Gasteiger partial charge in [-0.1, -0.05) is 23.7 Å². The Hall–Kier alpha value is -1.20. The number of carbonyl (C=O) groups excluding carboxylic acids is 2. The molecular weight excluding hydrogens is 274 g/mol. The van der Waals surface area contributed by atoms with E-state index in [0.29, 0.717) is 12.2 Å². The number of carboxylic acids is 1. The summed E-state index contributed by atoms with van der Waals surface area (Å²) < 4.78 is 0.